The molecule has 8 heteroatoms. The van der Waals surface area contributed by atoms with Crippen LogP contribution in [-0.4, -0.2) is 44.4 Å². The molecule has 0 bridgehead atoms. The summed E-state index contributed by atoms with van der Waals surface area (Å²) >= 11 is 1.35. The quantitative estimate of drug-likeness (QED) is 0.554. The average molecular weight is 412 g/mol. The van der Waals surface area contributed by atoms with E-state index < -0.39 is 5.82 Å². The highest BCUT2D eigenvalue weighted by atomic mass is 32.2. The SMILES string of the molecule is O=C(CSc1nnc(COc2ccccc2F)n1-c1ccccc1)N1CCCC1. The van der Waals surface area contributed by atoms with Gasteiger partial charge in [0, 0.05) is 18.8 Å². The second kappa shape index (κ2) is 9.09. The molecular formula is C21H21FN4O2S. The van der Waals surface area contributed by atoms with Crippen molar-refractivity contribution in [2.75, 3.05) is 18.8 Å². The van der Waals surface area contributed by atoms with Gasteiger partial charge < -0.3 is 9.64 Å². The summed E-state index contributed by atoms with van der Waals surface area (Å²) in [5.74, 6) is 0.687. The molecule has 3 aromatic rings. The minimum atomic E-state index is -0.427. The Kier molecular flexibility index (Phi) is 6.09. The molecule has 1 aliphatic rings. The maximum absolute atomic E-state index is 13.9. The fourth-order valence-electron chi connectivity index (χ4n) is 3.21. The zero-order chi connectivity index (χ0) is 20.1. The number of carbonyl (C=O) groups excluding carboxylic acids is 1. The zero-order valence-corrected chi connectivity index (χ0v) is 16.6. The smallest absolute Gasteiger partial charge is 0.233 e. The molecule has 29 heavy (non-hydrogen) atoms. The molecule has 150 valence electrons. The molecule has 6 nitrogen and oxygen atoms in total. The van der Waals surface area contributed by atoms with Gasteiger partial charge in [-0.2, -0.15) is 0 Å². The van der Waals surface area contributed by atoms with Gasteiger partial charge in [-0.15, -0.1) is 10.2 Å². The van der Waals surface area contributed by atoms with E-state index in [0.29, 0.717) is 16.7 Å². The predicted molar refractivity (Wildman–Crippen MR) is 109 cm³/mol. The van der Waals surface area contributed by atoms with Crippen LogP contribution < -0.4 is 4.74 Å². The van der Waals surface area contributed by atoms with E-state index in [1.807, 2.05) is 39.8 Å². The van der Waals surface area contributed by atoms with Crippen LogP contribution in [0.15, 0.2) is 59.8 Å². The largest absolute Gasteiger partial charge is 0.483 e. The van der Waals surface area contributed by atoms with Gasteiger partial charge in [-0.1, -0.05) is 42.1 Å². The van der Waals surface area contributed by atoms with Crippen LogP contribution in [0, 0.1) is 5.82 Å². The molecule has 0 atom stereocenters. The van der Waals surface area contributed by atoms with E-state index in [-0.39, 0.29) is 18.3 Å². The van der Waals surface area contributed by atoms with E-state index >= 15 is 0 Å². The lowest BCUT2D eigenvalue weighted by Crippen LogP contribution is -2.29. The molecule has 0 aliphatic carbocycles. The Bertz CT molecular complexity index is 974. The Morgan fingerprint density at radius 3 is 2.52 bits per heavy atom. The van der Waals surface area contributed by atoms with Gasteiger partial charge >= 0.3 is 0 Å². The fourth-order valence-corrected chi connectivity index (χ4v) is 4.09. The molecule has 2 aromatic carbocycles. The number of amides is 1. The molecule has 1 amide bonds. The summed E-state index contributed by atoms with van der Waals surface area (Å²) in [6, 6.07) is 15.9. The van der Waals surface area contributed by atoms with Crippen LogP contribution in [0.5, 0.6) is 5.75 Å². The number of nitrogens with zero attached hydrogens (tertiary/aromatic N) is 4. The van der Waals surface area contributed by atoms with Crippen molar-refractivity contribution >= 4 is 17.7 Å². The number of hydrogen-bond donors (Lipinski definition) is 0. The van der Waals surface area contributed by atoms with Crippen molar-refractivity contribution in [2.24, 2.45) is 0 Å². The van der Waals surface area contributed by atoms with Crippen molar-refractivity contribution in [1.82, 2.24) is 19.7 Å². The van der Waals surface area contributed by atoms with Crippen LogP contribution in [0.3, 0.4) is 0 Å². The van der Waals surface area contributed by atoms with Gasteiger partial charge in [0.25, 0.3) is 0 Å². The van der Waals surface area contributed by atoms with E-state index in [0.717, 1.165) is 31.6 Å². The lowest BCUT2D eigenvalue weighted by molar-refractivity contribution is -0.127. The van der Waals surface area contributed by atoms with Gasteiger partial charge in [0.15, 0.2) is 22.5 Å². The molecule has 0 unspecified atom stereocenters. The standard InChI is InChI=1S/C21H21FN4O2S/c22-17-10-4-5-11-18(17)28-14-19-23-24-21(26(19)16-8-2-1-3-9-16)29-15-20(27)25-12-6-7-13-25/h1-5,8-11H,6-7,12-15H2. The number of rotatable bonds is 7. The van der Waals surface area contributed by atoms with E-state index in [9.17, 15) is 9.18 Å². The minimum absolute atomic E-state index is 0.0590. The highest BCUT2D eigenvalue weighted by Gasteiger charge is 2.21. The molecule has 0 radical (unpaired) electrons. The molecule has 1 fully saturated rings. The average Bonchev–Trinajstić information content (AvgIpc) is 3.42. The second-order valence-electron chi connectivity index (χ2n) is 6.67. The van der Waals surface area contributed by atoms with Crippen LogP contribution in [0.1, 0.15) is 18.7 Å². The lowest BCUT2D eigenvalue weighted by Gasteiger charge is -2.15. The van der Waals surface area contributed by atoms with Gasteiger partial charge in [0.05, 0.1) is 5.75 Å². The lowest BCUT2D eigenvalue weighted by atomic mass is 10.3. The van der Waals surface area contributed by atoms with Crippen molar-refractivity contribution in [3.8, 4) is 11.4 Å². The Labute approximate surface area is 172 Å². The normalized spacial score (nSPS) is 13.6. The highest BCUT2D eigenvalue weighted by Crippen LogP contribution is 2.24. The summed E-state index contributed by atoms with van der Waals surface area (Å²) in [7, 11) is 0. The third kappa shape index (κ3) is 4.59. The monoisotopic (exact) mass is 412 g/mol. The third-order valence-corrected chi connectivity index (χ3v) is 5.61. The number of hydrogen-bond acceptors (Lipinski definition) is 5. The summed E-state index contributed by atoms with van der Waals surface area (Å²) in [5.41, 5.74) is 0.862. The predicted octanol–water partition coefficient (Wildman–Crippen LogP) is 3.70. The van der Waals surface area contributed by atoms with Crippen LogP contribution in [0.4, 0.5) is 4.39 Å². The summed E-state index contributed by atoms with van der Waals surface area (Å²) in [5, 5.41) is 9.10. The van der Waals surface area contributed by atoms with Crippen LogP contribution in [-0.2, 0) is 11.4 Å². The van der Waals surface area contributed by atoms with Crippen LogP contribution in [0.2, 0.25) is 0 Å². The third-order valence-electron chi connectivity index (χ3n) is 4.69. The molecule has 1 aromatic heterocycles. The summed E-state index contributed by atoms with van der Waals surface area (Å²) in [6.45, 7) is 1.71. The minimum Gasteiger partial charge on any atom is -0.483 e. The van der Waals surface area contributed by atoms with Gasteiger partial charge in [-0.05, 0) is 37.1 Å². The zero-order valence-electron chi connectivity index (χ0n) is 15.8. The molecule has 1 aliphatic heterocycles. The van der Waals surface area contributed by atoms with Gasteiger partial charge in [-0.3, -0.25) is 9.36 Å². The topological polar surface area (TPSA) is 60.2 Å². The number of halogens is 1. The van der Waals surface area contributed by atoms with E-state index in [1.54, 1.807) is 18.2 Å². The Hall–Kier alpha value is -2.87. The Balaban J connectivity index is 1.53. The van der Waals surface area contributed by atoms with Crippen molar-refractivity contribution in [1.29, 1.82) is 0 Å². The van der Waals surface area contributed by atoms with Crippen LogP contribution >= 0.6 is 11.8 Å². The fraction of sp³-hybridized carbons (Fsp3) is 0.286. The van der Waals surface area contributed by atoms with Gasteiger partial charge in [0.1, 0.15) is 6.61 Å². The molecule has 4 rings (SSSR count). The van der Waals surface area contributed by atoms with Crippen LogP contribution in [0.25, 0.3) is 5.69 Å². The molecule has 0 N–H and O–H groups in total. The molecule has 0 spiro atoms. The maximum atomic E-state index is 13.9. The van der Waals surface area contributed by atoms with E-state index in [4.69, 9.17) is 4.74 Å². The molecule has 1 saturated heterocycles. The Morgan fingerprint density at radius 1 is 1.03 bits per heavy atom. The molecule has 0 saturated carbocycles. The number of benzene rings is 2. The molecule has 2 heterocycles. The number of aromatic nitrogens is 3. The molecular weight excluding hydrogens is 391 g/mol. The van der Waals surface area contributed by atoms with Gasteiger partial charge in [0.2, 0.25) is 5.91 Å². The first-order chi connectivity index (χ1) is 14.2. The summed E-state index contributed by atoms with van der Waals surface area (Å²) in [6.07, 6.45) is 2.13. The van der Waals surface area contributed by atoms with Gasteiger partial charge in [-0.25, -0.2) is 4.39 Å². The Morgan fingerprint density at radius 2 is 1.76 bits per heavy atom. The number of carbonyl (C=O) groups is 1. The number of thioether (sulfide) groups is 1. The van der Waals surface area contributed by atoms with Crippen molar-refractivity contribution < 1.29 is 13.9 Å². The van der Waals surface area contributed by atoms with Crippen molar-refractivity contribution in [2.45, 2.75) is 24.6 Å². The highest BCUT2D eigenvalue weighted by molar-refractivity contribution is 7.99. The number of para-hydroxylation sites is 2. The van der Waals surface area contributed by atoms with E-state index in [1.165, 1.54) is 17.8 Å². The summed E-state index contributed by atoms with van der Waals surface area (Å²) in [4.78, 5) is 14.3. The number of likely N-dealkylation sites (tertiary alicyclic amines) is 1. The first-order valence-electron chi connectivity index (χ1n) is 9.50. The van der Waals surface area contributed by atoms with Crippen molar-refractivity contribution in [3.63, 3.8) is 0 Å². The maximum Gasteiger partial charge on any atom is 0.233 e. The number of ether oxygens (including phenoxy) is 1. The van der Waals surface area contributed by atoms with E-state index in [2.05, 4.69) is 10.2 Å². The van der Waals surface area contributed by atoms with Crippen molar-refractivity contribution in [3.05, 3.63) is 66.2 Å². The second-order valence-corrected chi connectivity index (χ2v) is 7.61. The first kappa shape index (κ1) is 19.4. The first-order valence-corrected chi connectivity index (χ1v) is 10.5. The summed E-state index contributed by atoms with van der Waals surface area (Å²) < 4.78 is 21.3.